The largest absolute Gasteiger partial charge is 0.462 e. The third kappa shape index (κ3) is 6.24. The average molecular weight is 519 g/mol. The van der Waals surface area contributed by atoms with Crippen molar-refractivity contribution in [1.82, 2.24) is 4.90 Å². The summed E-state index contributed by atoms with van der Waals surface area (Å²) in [6.45, 7) is 2.25. The molecule has 7 nitrogen and oxygen atoms in total. The zero-order valence-corrected chi connectivity index (χ0v) is 21.2. The highest BCUT2D eigenvalue weighted by Gasteiger charge is 2.44. The molecule has 0 N–H and O–H groups in total. The number of rotatable bonds is 9. The minimum atomic E-state index is -0.916. The molecule has 4 rings (SSSR count). The van der Waals surface area contributed by atoms with Crippen molar-refractivity contribution >= 4 is 41.0 Å². The number of carbonyl (C=O) groups is 4. The summed E-state index contributed by atoms with van der Waals surface area (Å²) >= 11 is 5.98. The molecule has 0 saturated carbocycles. The summed E-state index contributed by atoms with van der Waals surface area (Å²) in [5, 5.41) is 0.568. The van der Waals surface area contributed by atoms with Gasteiger partial charge >= 0.3 is 5.97 Å². The number of anilines is 1. The summed E-state index contributed by atoms with van der Waals surface area (Å²) in [5.74, 6) is -1.59. The van der Waals surface area contributed by atoms with Gasteiger partial charge in [0.25, 0.3) is 5.91 Å². The number of esters is 1. The minimum Gasteiger partial charge on any atom is -0.462 e. The predicted molar refractivity (Wildman–Crippen MR) is 140 cm³/mol. The maximum absolute atomic E-state index is 13.5. The van der Waals surface area contributed by atoms with Gasteiger partial charge in [-0.15, -0.1) is 0 Å². The summed E-state index contributed by atoms with van der Waals surface area (Å²) < 4.78 is 4.99. The second-order valence-electron chi connectivity index (χ2n) is 8.68. The lowest BCUT2D eigenvalue weighted by Gasteiger charge is -2.28. The molecule has 190 valence electrons. The molecule has 0 radical (unpaired) electrons. The van der Waals surface area contributed by atoms with E-state index < -0.39 is 23.8 Å². The van der Waals surface area contributed by atoms with Crippen molar-refractivity contribution in [3.63, 3.8) is 0 Å². The highest BCUT2D eigenvalue weighted by molar-refractivity contribution is 6.30. The van der Waals surface area contributed by atoms with Crippen molar-refractivity contribution in [2.24, 2.45) is 0 Å². The number of hydrogen-bond donors (Lipinski definition) is 0. The lowest BCUT2D eigenvalue weighted by molar-refractivity contribution is -0.137. The van der Waals surface area contributed by atoms with Gasteiger partial charge in [0.1, 0.15) is 6.04 Å². The SMILES string of the molecule is CCOC(=O)c1ccc(N2C(=O)CC(N(CCc3ccccc3)C(=O)Cc3ccc(Cl)cc3)C2=O)cc1. The number of ether oxygens (including phenoxy) is 1. The molecule has 1 unspecified atom stereocenters. The maximum atomic E-state index is 13.5. The van der Waals surface area contributed by atoms with Crippen LogP contribution in [0, 0.1) is 0 Å². The molecule has 1 fully saturated rings. The van der Waals surface area contributed by atoms with Gasteiger partial charge in [0.2, 0.25) is 11.8 Å². The van der Waals surface area contributed by atoms with Crippen molar-refractivity contribution in [1.29, 1.82) is 0 Å². The number of nitrogens with zero attached hydrogens (tertiary/aromatic N) is 2. The van der Waals surface area contributed by atoms with Crippen LogP contribution in [-0.2, 0) is 32.0 Å². The van der Waals surface area contributed by atoms with Crippen LogP contribution in [0.5, 0.6) is 0 Å². The minimum absolute atomic E-state index is 0.0815. The Labute approximate surface area is 220 Å². The normalized spacial score (nSPS) is 15.1. The van der Waals surface area contributed by atoms with Gasteiger partial charge < -0.3 is 9.64 Å². The van der Waals surface area contributed by atoms with Gasteiger partial charge in [-0.05, 0) is 60.9 Å². The molecule has 1 heterocycles. The molecule has 0 aromatic heterocycles. The third-order valence-electron chi connectivity index (χ3n) is 6.21. The first-order valence-corrected chi connectivity index (χ1v) is 12.5. The van der Waals surface area contributed by atoms with Crippen LogP contribution in [0.2, 0.25) is 5.02 Å². The molecule has 1 aliphatic heterocycles. The zero-order chi connectivity index (χ0) is 26.4. The summed E-state index contributed by atoms with van der Waals surface area (Å²) in [7, 11) is 0. The zero-order valence-electron chi connectivity index (χ0n) is 20.4. The molecule has 3 amide bonds. The molecule has 0 bridgehead atoms. The average Bonchev–Trinajstić information content (AvgIpc) is 3.19. The van der Waals surface area contributed by atoms with E-state index in [9.17, 15) is 19.2 Å². The lowest BCUT2D eigenvalue weighted by Crippen LogP contribution is -2.47. The third-order valence-corrected chi connectivity index (χ3v) is 6.46. The smallest absolute Gasteiger partial charge is 0.338 e. The van der Waals surface area contributed by atoms with E-state index in [1.807, 2.05) is 30.3 Å². The summed E-state index contributed by atoms with van der Waals surface area (Å²) in [6, 6.07) is 21.8. The van der Waals surface area contributed by atoms with Gasteiger partial charge in [0, 0.05) is 11.6 Å². The topological polar surface area (TPSA) is 84.0 Å². The van der Waals surface area contributed by atoms with Crippen LogP contribution in [0.25, 0.3) is 0 Å². The Kier molecular flexibility index (Phi) is 8.36. The fourth-order valence-corrected chi connectivity index (χ4v) is 4.44. The molecule has 1 atom stereocenters. The first kappa shape index (κ1) is 26.1. The van der Waals surface area contributed by atoms with Crippen molar-refractivity contribution < 1.29 is 23.9 Å². The van der Waals surface area contributed by atoms with Crippen molar-refractivity contribution in [3.8, 4) is 0 Å². The summed E-state index contributed by atoms with van der Waals surface area (Å²) in [4.78, 5) is 54.5. The van der Waals surface area contributed by atoms with E-state index in [2.05, 4.69) is 0 Å². The number of benzene rings is 3. The Morgan fingerprint density at radius 3 is 2.27 bits per heavy atom. The summed E-state index contributed by atoms with van der Waals surface area (Å²) in [6.07, 6.45) is 0.511. The van der Waals surface area contributed by atoms with Crippen LogP contribution in [0.3, 0.4) is 0 Å². The van der Waals surface area contributed by atoms with Gasteiger partial charge in [-0.3, -0.25) is 14.4 Å². The lowest BCUT2D eigenvalue weighted by atomic mass is 10.1. The molecule has 0 spiro atoms. The Hall–Kier alpha value is -3.97. The fourth-order valence-electron chi connectivity index (χ4n) is 4.32. The summed E-state index contributed by atoms with van der Waals surface area (Å²) in [5.41, 5.74) is 2.46. The monoisotopic (exact) mass is 518 g/mol. The van der Waals surface area contributed by atoms with Crippen LogP contribution in [0.4, 0.5) is 5.69 Å². The van der Waals surface area contributed by atoms with E-state index in [1.54, 1.807) is 31.2 Å². The van der Waals surface area contributed by atoms with Gasteiger partial charge in [0.05, 0.1) is 30.7 Å². The first-order valence-electron chi connectivity index (χ1n) is 12.1. The van der Waals surface area contributed by atoms with Crippen LogP contribution in [0.15, 0.2) is 78.9 Å². The number of halogens is 1. The van der Waals surface area contributed by atoms with Crippen molar-refractivity contribution in [3.05, 3.63) is 101 Å². The molecule has 1 saturated heterocycles. The Morgan fingerprint density at radius 2 is 1.62 bits per heavy atom. The van der Waals surface area contributed by atoms with E-state index in [0.29, 0.717) is 22.7 Å². The quantitative estimate of drug-likeness (QED) is 0.308. The van der Waals surface area contributed by atoms with Crippen LogP contribution in [-0.4, -0.2) is 47.8 Å². The van der Waals surface area contributed by atoms with Gasteiger partial charge in [-0.1, -0.05) is 54.1 Å². The van der Waals surface area contributed by atoms with Gasteiger partial charge in [-0.2, -0.15) is 0 Å². The van der Waals surface area contributed by atoms with E-state index >= 15 is 0 Å². The van der Waals surface area contributed by atoms with Crippen LogP contribution >= 0.6 is 11.6 Å². The molecule has 3 aromatic rings. The predicted octanol–water partition coefficient (Wildman–Crippen LogP) is 4.46. The van der Waals surface area contributed by atoms with E-state index in [4.69, 9.17) is 16.3 Å². The molecule has 8 heteroatoms. The van der Waals surface area contributed by atoms with Crippen molar-refractivity contribution in [2.75, 3.05) is 18.1 Å². The van der Waals surface area contributed by atoms with Crippen LogP contribution < -0.4 is 4.90 Å². The van der Waals surface area contributed by atoms with Gasteiger partial charge in [-0.25, -0.2) is 9.69 Å². The van der Waals surface area contributed by atoms with E-state index in [-0.39, 0.29) is 31.9 Å². The Balaban J connectivity index is 1.56. The molecule has 37 heavy (non-hydrogen) atoms. The Morgan fingerprint density at radius 1 is 0.946 bits per heavy atom. The molecule has 3 aromatic carbocycles. The first-order chi connectivity index (χ1) is 17.9. The van der Waals surface area contributed by atoms with Gasteiger partial charge in [0.15, 0.2) is 0 Å². The van der Waals surface area contributed by atoms with Crippen LogP contribution in [0.1, 0.15) is 34.8 Å². The molecular weight excluding hydrogens is 492 g/mol. The molecular formula is C29H27ClN2O5. The van der Waals surface area contributed by atoms with E-state index in [0.717, 1.165) is 16.0 Å². The Bertz CT molecular complexity index is 1280. The van der Waals surface area contributed by atoms with E-state index in [1.165, 1.54) is 29.2 Å². The number of amides is 3. The van der Waals surface area contributed by atoms with Crippen molar-refractivity contribution in [2.45, 2.75) is 32.2 Å². The highest BCUT2D eigenvalue weighted by Crippen LogP contribution is 2.27. The molecule has 1 aliphatic rings. The second-order valence-corrected chi connectivity index (χ2v) is 9.12. The number of hydrogen-bond acceptors (Lipinski definition) is 5. The highest BCUT2D eigenvalue weighted by atomic mass is 35.5. The molecule has 0 aliphatic carbocycles. The maximum Gasteiger partial charge on any atom is 0.338 e. The second kappa shape index (κ2) is 11.8. The standard InChI is InChI=1S/C29H27ClN2O5/c1-2-37-29(36)22-10-14-24(15-11-22)32-27(34)19-25(28(32)35)31(17-16-20-6-4-3-5-7-20)26(33)18-21-8-12-23(30)13-9-21/h3-15,25H,2,16-19H2,1H3. The number of imide groups is 1. The fraction of sp³-hybridized carbons (Fsp3) is 0.241. The number of carbonyl (C=O) groups excluding carboxylic acids is 4.